The lowest BCUT2D eigenvalue weighted by Crippen LogP contribution is -1.93. The van der Waals surface area contributed by atoms with Gasteiger partial charge in [-0.05, 0) is 35.6 Å². The Hall–Kier alpha value is -1.88. The highest BCUT2D eigenvalue weighted by Gasteiger charge is 2.10. The van der Waals surface area contributed by atoms with Gasteiger partial charge in [0.05, 0.1) is 5.56 Å². The molecule has 16 heavy (non-hydrogen) atoms. The van der Waals surface area contributed by atoms with E-state index in [2.05, 4.69) is 5.92 Å². The number of benzene rings is 2. The third kappa shape index (κ3) is 1.55. The molecule has 0 saturated carbocycles. The minimum absolute atomic E-state index is 0.217. The molecule has 2 heteroatoms. The Morgan fingerprint density at radius 2 is 2.00 bits per heavy atom. The van der Waals surface area contributed by atoms with Crippen molar-refractivity contribution >= 4 is 10.8 Å². The van der Waals surface area contributed by atoms with Crippen molar-refractivity contribution in [3.05, 3.63) is 47.0 Å². The lowest BCUT2D eigenvalue weighted by molar-refractivity contribution is 0.622. The fourth-order valence-corrected chi connectivity index (χ4v) is 1.91. The minimum atomic E-state index is -0.434. The van der Waals surface area contributed by atoms with Crippen molar-refractivity contribution in [3.63, 3.8) is 0 Å². The summed E-state index contributed by atoms with van der Waals surface area (Å²) in [4.78, 5) is 0. The van der Waals surface area contributed by atoms with E-state index < -0.39 is 5.82 Å². The Bertz CT molecular complexity index is 592. The van der Waals surface area contributed by atoms with E-state index >= 15 is 0 Å². The van der Waals surface area contributed by atoms with Crippen LogP contribution in [0.25, 0.3) is 10.8 Å². The van der Waals surface area contributed by atoms with Gasteiger partial charge in [0.2, 0.25) is 0 Å². The normalized spacial score (nSPS) is 10.4. The monoisotopic (exact) mass is 216 g/mol. The summed E-state index contributed by atoms with van der Waals surface area (Å²) in [6.45, 7) is 1.89. The number of hydrogen-bond donors (Lipinski definition) is 0. The molecular weight excluding hydrogens is 206 g/mol. The van der Waals surface area contributed by atoms with Crippen molar-refractivity contribution in [2.45, 2.75) is 13.3 Å². The zero-order valence-electron chi connectivity index (χ0n) is 8.85. The van der Waals surface area contributed by atoms with E-state index in [0.717, 1.165) is 5.56 Å². The molecule has 2 aromatic rings. The van der Waals surface area contributed by atoms with E-state index in [1.54, 1.807) is 6.07 Å². The van der Waals surface area contributed by atoms with Crippen LogP contribution in [-0.4, -0.2) is 0 Å². The molecule has 0 heterocycles. The van der Waals surface area contributed by atoms with Crippen LogP contribution in [0, 0.1) is 24.0 Å². The van der Waals surface area contributed by atoms with Crippen LogP contribution in [0.2, 0.25) is 0 Å². The second kappa shape index (κ2) is 3.94. The maximum atomic E-state index is 13.5. The molecule has 80 valence electrons. The number of fused-ring (bicyclic) bond motifs is 1. The van der Waals surface area contributed by atoms with Crippen molar-refractivity contribution in [3.8, 4) is 12.3 Å². The largest absolute Gasteiger partial charge is 0.207 e. The molecule has 0 aliphatic carbocycles. The van der Waals surface area contributed by atoms with Gasteiger partial charge in [-0.15, -0.1) is 6.42 Å². The Balaban J connectivity index is 2.97. The van der Waals surface area contributed by atoms with Gasteiger partial charge in [0.25, 0.3) is 0 Å². The third-order valence-electron chi connectivity index (χ3n) is 2.64. The predicted molar refractivity (Wildman–Crippen MR) is 61.2 cm³/mol. The molecule has 0 amide bonds. The van der Waals surface area contributed by atoms with Crippen LogP contribution < -0.4 is 0 Å². The summed E-state index contributed by atoms with van der Waals surface area (Å²) in [5.41, 5.74) is 0.955. The molecule has 0 atom stereocenters. The first-order valence-electron chi connectivity index (χ1n) is 5.04. The first-order valence-corrected chi connectivity index (χ1v) is 5.04. The van der Waals surface area contributed by atoms with Gasteiger partial charge in [0.1, 0.15) is 11.6 Å². The van der Waals surface area contributed by atoms with Gasteiger partial charge in [-0.1, -0.05) is 18.9 Å². The van der Waals surface area contributed by atoms with Crippen LogP contribution in [0.3, 0.4) is 0 Å². The standard InChI is InChI=1S/C14H10F2/c1-3-9-7-11(15)8-10-5-6-13(16)12(4-2)14(9)10/h2,5-8H,3H2,1H3. The molecule has 2 rings (SSSR count). The van der Waals surface area contributed by atoms with Gasteiger partial charge in [-0.3, -0.25) is 0 Å². The summed E-state index contributed by atoms with van der Waals surface area (Å²) in [5, 5.41) is 1.29. The average Bonchev–Trinajstić information content (AvgIpc) is 2.28. The average molecular weight is 216 g/mol. The summed E-state index contributed by atoms with van der Waals surface area (Å²) in [6, 6.07) is 5.60. The van der Waals surface area contributed by atoms with E-state index in [0.29, 0.717) is 17.2 Å². The van der Waals surface area contributed by atoms with Crippen molar-refractivity contribution in [2.24, 2.45) is 0 Å². The maximum absolute atomic E-state index is 13.5. The Morgan fingerprint density at radius 1 is 1.25 bits per heavy atom. The van der Waals surface area contributed by atoms with Gasteiger partial charge >= 0.3 is 0 Å². The summed E-state index contributed by atoms with van der Waals surface area (Å²) >= 11 is 0. The fourth-order valence-electron chi connectivity index (χ4n) is 1.91. The number of rotatable bonds is 1. The lowest BCUT2D eigenvalue weighted by atomic mass is 9.97. The fraction of sp³-hybridized carbons (Fsp3) is 0.143. The highest BCUT2D eigenvalue weighted by molar-refractivity contribution is 5.91. The number of hydrogen-bond acceptors (Lipinski definition) is 0. The first-order chi connectivity index (χ1) is 7.67. The highest BCUT2D eigenvalue weighted by atomic mass is 19.1. The molecule has 0 nitrogen and oxygen atoms in total. The number of aryl methyl sites for hydroxylation is 1. The van der Waals surface area contributed by atoms with Gasteiger partial charge in [-0.25, -0.2) is 8.78 Å². The van der Waals surface area contributed by atoms with E-state index in [-0.39, 0.29) is 11.4 Å². The minimum Gasteiger partial charge on any atom is -0.207 e. The van der Waals surface area contributed by atoms with Crippen LogP contribution in [0.4, 0.5) is 8.78 Å². The lowest BCUT2D eigenvalue weighted by Gasteiger charge is -2.08. The molecule has 0 fully saturated rings. The van der Waals surface area contributed by atoms with Gasteiger partial charge in [0.15, 0.2) is 0 Å². The van der Waals surface area contributed by atoms with Crippen LogP contribution >= 0.6 is 0 Å². The molecule has 0 aromatic heterocycles. The Morgan fingerprint density at radius 3 is 2.62 bits per heavy atom. The SMILES string of the molecule is C#Cc1c(F)ccc2cc(F)cc(CC)c12. The van der Waals surface area contributed by atoms with Crippen molar-refractivity contribution < 1.29 is 8.78 Å². The van der Waals surface area contributed by atoms with Gasteiger partial charge in [0, 0.05) is 5.39 Å². The topological polar surface area (TPSA) is 0 Å². The summed E-state index contributed by atoms with van der Waals surface area (Å²) in [5.74, 6) is 1.58. The smallest absolute Gasteiger partial charge is 0.139 e. The molecule has 2 aromatic carbocycles. The molecule has 0 bridgehead atoms. The second-order valence-corrected chi connectivity index (χ2v) is 3.58. The molecule has 0 N–H and O–H groups in total. The van der Waals surface area contributed by atoms with Crippen LogP contribution in [0.1, 0.15) is 18.1 Å². The quantitative estimate of drug-likeness (QED) is 0.638. The maximum Gasteiger partial charge on any atom is 0.139 e. The van der Waals surface area contributed by atoms with Crippen molar-refractivity contribution in [1.29, 1.82) is 0 Å². The zero-order chi connectivity index (χ0) is 11.7. The third-order valence-corrected chi connectivity index (χ3v) is 2.64. The van der Waals surface area contributed by atoms with Gasteiger partial charge in [-0.2, -0.15) is 0 Å². The molecule has 0 spiro atoms. The molecule has 0 unspecified atom stereocenters. The summed E-state index contributed by atoms with van der Waals surface area (Å²) < 4.78 is 26.8. The summed E-state index contributed by atoms with van der Waals surface area (Å²) in [6.07, 6.45) is 5.91. The van der Waals surface area contributed by atoms with Crippen molar-refractivity contribution in [2.75, 3.05) is 0 Å². The van der Waals surface area contributed by atoms with Gasteiger partial charge < -0.3 is 0 Å². The van der Waals surface area contributed by atoms with E-state index in [9.17, 15) is 8.78 Å². The number of terminal acetylenes is 1. The van der Waals surface area contributed by atoms with Crippen LogP contribution in [0.5, 0.6) is 0 Å². The number of halogens is 2. The first kappa shape index (κ1) is 10.6. The highest BCUT2D eigenvalue weighted by Crippen LogP contribution is 2.26. The van der Waals surface area contributed by atoms with Crippen molar-refractivity contribution in [1.82, 2.24) is 0 Å². The Labute approximate surface area is 92.9 Å². The molecule has 0 saturated heterocycles. The zero-order valence-corrected chi connectivity index (χ0v) is 8.85. The predicted octanol–water partition coefficient (Wildman–Crippen LogP) is 3.66. The molecule has 0 aliphatic rings. The second-order valence-electron chi connectivity index (χ2n) is 3.58. The van der Waals surface area contributed by atoms with E-state index in [4.69, 9.17) is 6.42 Å². The van der Waals surface area contributed by atoms with Crippen LogP contribution in [-0.2, 0) is 6.42 Å². The molecule has 0 radical (unpaired) electrons. The van der Waals surface area contributed by atoms with E-state index in [1.807, 2.05) is 6.92 Å². The van der Waals surface area contributed by atoms with Crippen LogP contribution in [0.15, 0.2) is 24.3 Å². The summed E-state index contributed by atoms with van der Waals surface area (Å²) in [7, 11) is 0. The van der Waals surface area contributed by atoms with E-state index in [1.165, 1.54) is 18.2 Å². The Kier molecular flexibility index (Phi) is 2.62. The molecule has 0 aliphatic heterocycles. The molecular formula is C14H10F2.